The number of imide groups is 1. The molecule has 0 radical (unpaired) electrons. The van der Waals surface area contributed by atoms with Gasteiger partial charge in [-0.25, -0.2) is 0 Å². The van der Waals surface area contributed by atoms with Crippen LogP contribution in [0.2, 0.25) is 5.02 Å². The summed E-state index contributed by atoms with van der Waals surface area (Å²) in [4.78, 5) is 25.8. The smallest absolute Gasteiger partial charge is 0.293 e. The Morgan fingerprint density at radius 1 is 1.21 bits per heavy atom. The molecule has 1 aliphatic rings. The molecular weight excluding hydrogens is 350 g/mol. The van der Waals surface area contributed by atoms with Crippen molar-refractivity contribution in [2.24, 2.45) is 0 Å². The fourth-order valence-corrected chi connectivity index (χ4v) is 3.11. The summed E-state index contributed by atoms with van der Waals surface area (Å²) in [5.41, 5.74) is 0. The first-order valence-electron chi connectivity index (χ1n) is 7.23. The second-order valence-corrected chi connectivity index (χ2v) is 6.51. The molecule has 0 spiro atoms. The van der Waals surface area contributed by atoms with Crippen molar-refractivity contribution in [2.75, 3.05) is 13.2 Å². The lowest BCUT2D eigenvalue weighted by Gasteiger charge is -2.13. The van der Waals surface area contributed by atoms with Gasteiger partial charge in [0, 0.05) is 11.1 Å². The highest BCUT2D eigenvalue weighted by Gasteiger charge is 2.35. The maximum atomic E-state index is 12.3. The van der Waals surface area contributed by atoms with Crippen LogP contribution in [-0.4, -0.2) is 29.2 Å². The highest BCUT2D eigenvalue weighted by molar-refractivity contribution is 8.18. The number of nitrogens with zero attached hydrogens (tertiary/aromatic N) is 1. The highest BCUT2D eigenvalue weighted by Crippen LogP contribution is 2.32. The molecular formula is C17H14ClNO4S. The van der Waals surface area contributed by atoms with Gasteiger partial charge >= 0.3 is 0 Å². The van der Waals surface area contributed by atoms with Crippen LogP contribution in [0.3, 0.4) is 0 Å². The predicted octanol–water partition coefficient (Wildman–Crippen LogP) is 4.36. The van der Waals surface area contributed by atoms with Crippen LogP contribution in [0, 0.1) is 6.92 Å². The van der Waals surface area contributed by atoms with Gasteiger partial charge in [0.05, 0.1) is 11.4 Å². The van der Waals surface area contributed by atoms with E-state index in [1.807, 2.05) is 6.92 Å². The van der Waals surface area contributed by atoms with Gasteiger partial charge in [-0.15, -0.1) is 0 Å². The summed E-state index contributed by atoms with van der Waals surface area (Å²) < 4.78 is 10.9. The number of ether oxygens (including phenoxy) is 1. The number of halogens is 1. The van der Waals surface area contributed by atoms with E-state index < -0.39 is 0 Å². The molecule has 1 fully saturated rings. The molecule has 3 rings (SSSR count). The summed E-state index contributed by atoms with van der Waals surface area (Å²) in [5.74, 6) is 1.60. The van der Waals surface area contributed by atoms with E-state index in [0.717, 1.165) is 17.5 Å². The highest BCUT2D eigenvalue weighted by atomic mass is 35.5. The van der Waals surface area contributed by atoms with Crippen molar-refractivity contribution in [3.8, 4) is 5.75 Å². The topological polar surface area (TPSA) is 59.8 Å². The molecule has 2 aromatic rings. The van der Waals surface area contributed by atoms with Crippen LogP contribution in [-0.2, 0) is 4.79 Å². The van der Waals surface area contributed by atoms with Gasteiger partial charge in [-0.3, -0.25) is 14.5 Å². The summed E-state index contributed by atoms with van der Waals surface area (Å²) in [7, 11) is 0. The number of rotatable bonds is 5. The summed E-state index contributed by atoms with van der Waals surface area (Å²) in [6.07, 6.45) is 1.58. The second-order valence-electron chi connectivity index (χ2n) is 5.08. The third kappa shape index (κ3) is 3.83. The van der Waals surface area contributed by atoms with Crippen LogP contribution < -0.4 is 4.74 Å². The van der Waals surface area contributed by atoms with Crippen molar-refractivity contribution in [2.45, 2.75) is 6.92 Å². The van der Waals surface area contributed by atoms with Gasteiger partial charge in [0.2, 0.25) is 0 Å². The van der Waals surface area contributed by atoms with Crippen molar-refractivity contribution in [3.63, 3.8) is 0 Å². The number of furan rings is 1. The van der Waals surface area contributed by atoms with E-state index in [2.05, 4.69) is 0 Å². The number of benzene rings is 1. The number of carbonyl (C=O) groups is 2. The molecule has 2 amide bonds. The Morgan fingerprint density at radius 2 is 1.96 bits per heavy atom. The van der Waals surface area contributed by atoms with Crippen LogP contribution in [0.5, 0.6) is 5.75 Å². The summed E-state index contributed by atoms with van der Waals surface area (Å²) in [5, 5.41) is 0.306. The van der Waals surface area contributed by atoms with Gasteiger partial charge < -0.3 is 9.15 Å². The van der Waals surface area contributed by atoms with E-state index in [1.165, 1.54) is 4.90 Å². The molecule has 124 valence electrons. The van der Waals surface area contributed by atoms with E-state index in [0.29, 0.717) is 21.4 Å². The van der Waals surface area contributed by atoms with E-state index in [9.17, 15) is 9.59 Å². The summed E-state index contributed by atoms with van der Waals surface area (Å²) >= 11 is 6.70. The van der Waals surface area contributed by atoms with E-state index in [1.54, 1.807) is 42.5 Å². The minimum absolute atomic E-state index is 0.182. The van der Waals surface area contributed by atoms with Gasteiger partial charge in [-0.1, -0.05) is 11.6 Å². The van der Waals surface area contributed by atoms with E-state index in [4.69, 9.17) is 20.8 Å². The molecule has 0 unspecified atom stereocenters. The Hall–Kier alpha value is -2.18. The Bertz CT molecular complexity index is 797. The number of thioether (sulfide) groups is 1. The van der Waals surface area contributed by atoms with Crippen molar-refractivity contribution < 1.29 is 18.7 Å². The number of amides is 2. The van der Waals surface area contributed by atoms with Gasteiger partial charge in [0.1, 0.15) is 23.9 Å². The molecule has 2 heterocycles. The SMILES string of the molecule is Cc1ccc(/C=C2\SC(=O)N(CCOc3ccc(Cl)cc3)C2=O)o1. The Kier molecular flexibility index (Phi) is 4.97. The minimum Gasteiger partial charge on any atom is -0.492 e. The largest absolute Gasteiger partial charge is 0.492 e. The van der Waals surface area contributed by atoms with E-state index in [-0.39, 0.29) is 24.3 Å². The normalized spacial score (nSPS) is 16.2. The predicted molar refractivity (Wildman–Crippen MR) is 93.1 cm³/mol. The fraction of sp³-hybridized carbons (Fsp3) is 0.176. The first kappa shape index (κ1) is 16.7. The Labute approximate surface area is 148 Å². The molecule has 1 saturated heterocycles. The third-order valence-electron chi connectivity index (χ3n) is 3.31. The molecule has 1 aliphatic heterocycles. The maximum absolute atomic E-state index is 12.3. The Morgan fingerprint density at radius 3 is 2.62 bits per heavy atom. The molecule has 0 atom stereocenters. The third-order valence-corrected chi connectivity index (χ3v) is 4.46. The lowest BCUT2D eigenvalue weighted by molar-refractivity contribution is -0.123. The lowest BCUT2D eigenvalue weighted by atomic mass is 10.3. The number of hydrogen-bond acceptors (Lipinski definition) is 5. The molecule has 1 aromatic heterocycles. The van der Waals surface area contributed by atoms with Crippen molar-refractivity contribution in [1.82, 2.24) is 4.90 Å². The van der Waals surface area contributed by atoms with Crippen molar-refractivity contribution >= 4 is 40.6 Å². The molecule has 5 nitrogen and oxygen atoms in total. The maximum Gasteiger partial charge on any atom is 0.293 e. The molecule has 7 heteroatoms. The molecule has 0 aliphatic carbocycles. The zero-order valence-electron chi connectivity index (χ0n) is 12.8. The van der Waals surface area contributed by atoms with Gasteiger partial charge in [0.25, 0.3) is 11.1 Å². The fourth-order valence-electron chi connectivity index (χ4n) is 2.14. The van der Waals surface area contributed by atoms with Gasteiger partial charge in [-0.2, -0.15) is 0 Å². The number of carbonyl (C=O) groups excluding carboxylic acids is 2. The van der Waals surface area contributed by atoms with Crippen LogP contribution in [0.25, 0.3) is 6.08 Å². The van der Waals surface area contributed by atoms with Gasteiger partial charge in [0.15, 0.2) is 0 Å². The number of hydrogen-bond donors (Lipinski definition) is 0. The molecule has 0 bridgehead atoms. The molecule has 0 N–H and O–H groups in total. The second kappa shape index (κ2) is 7.15. The zero-order chi connectivity index (χ0) is 17.1. The van der Waals surface area contributed by atoms with Crippen molar-refractivity contribution in [3.05, 3.63) is 57.8 Å². The average molecular weight is 364 g/mol. The molecule has 0 saturated carbocycles. The quantitative estimate of drug-likeness (QED) is 0.739. The summed E-state index contributed by atoms with van der Waals surface area (Å²) in [6.45, 7) is 2.21. The molecule has 24 heavy (non-hydrogen) atoms. The van der Waals surface area contributed by atoms with E-state index >= 15 is 0 Å². The van der Waals surface area contributed by atoms with Crippen molar-refractivity contribution in [1.29, 1.82) is 0 Å². The standard InChI is InChI=1S/C17H14ClNO4S/c1-11-2-5-14(23-11)10-15-16(20)19(17(21)24-15)8-9-22-13-6-3-12(18)4-7-13/h2-7,10H,8-9H2,1H3/b15-10-. The Balaban J connectivity index is 1.60. The lowest BCUT2D eigenvalue weighted by Crippen LogP contribution is -2.32. The van der Waals surface area contributed by atoms with Crippen LogP contribution in [0.4, 0.5) is 4.79 Å². The van der Waals surface area contributed by atoms with Crippen LogP contribution >= 0.6 is 23.4 Å². The zero-order valence-corrected chi connectivity index (χ0v) is 14.4. The van der Waals surface area contributed by atoms with Crippen LogP contribution in [0.1, 0.15) is 11.5 Å². The molecule has 1 aromatic carbocycles. The first-order valence-corrected chi connectivity index (χ1v) is 8.42. The summed E-state index contributed by atoms with van der Waals surface area (Å²) in [6, 6.07) is 10.4. The van der Waals surface area contributed by atoms with Gasteiger partial charge in [-0.05, 0) is 55.1 Å². The average Bonchev–Trinajstić information content (AvgIpc) is 3.07. The first-order chi connectivity index (χ1) is 11.5. The van der Waals surface area contributed by atoms with Crippen LogP contribution in [0.15, 0.2) is 45.7 Å². The minimum atomic E-state index is -0.334. The number of aryl methyl sites for hydroxylation is 1. The monoisotopic (exact) mass is 363 g/mol.